The molecular weight excluding hydrogens is 416 g/mol. The van der Waals surface area contributed by atoms with Gasteiger partial charge in [0.25, 0.3) is 23.6 Å². The number of hydrogen-bond donors (Lipinski definition) is 0. The summed E-state index contributed by atoms with van der Waals surface area (Å²) >= 11 is 0. The van der Waals surface area contributed by atoms with E-state index in [9.17, 15) is 19.2 Å². The molecule has 4 amide bonds. The van der Waals surface area contributed by atoms with Crippen LogP contribution in [0.4, 0.5) is 0 Å². The molecule has 2 aromatic rings. The van der Waals surface area contributed by atoms with Crippen LogP contribution in [0.3, 0.4) is 0 Å². The van der Waals surface area contributed by atoms with E-state index in [4.69, 9.17) is 0 Å². The number of rotatable bonds is 2. The van der Waals surface area contributed by atoms with Gasteiger partial charge in [0.2, 0.25) is 0 Å². The van der Waals surface area contributed by atoms with Gasteiger partial charge in [-0.05, 0) is 47.6 Å². The first kappa shape index (κ1) is 19.1. The van der Waals surface area contributed by atoms with Gasteiger partial charge >= 0.3 is 0 Å². The molecule has 6 rings (SSSR count). The Morgan fingerprint density at radius 2 is 1.06 bits per heavy atom. The monoisotopic (exact) mass is 432 g/mol. The number of allylic oxidation sites excluding steroid dienone is 8. The zero-order chi connectivity index (χ0) is 22.7. The number of fused-ring (bicyclic) bond motifs is 4. The quantitative estimate of drug-likeness (QED) is 0.668. The van der Waals surface area contributed by atoms with Crippen LogP contribution in [0.5, 0.6) is 0 Å². The number of imide groups is 2. The van der Waals surface area contributed by atoms with Crippen molar-refractivity contribution in [3.63, 3.8) is 0 Å². The average molecular weight is 432 g/mol. The maximum Gasteiger partial charge on any atom is 0.266 e. The highest BCUT2D eigenvalue weighted by Crippen LogP contribution is 2.37. The van der Waals surface area contributed by atoms with Gasteiger partial charge in [-0.1, -0.05) is 48.6 Å². The number of carbonyl (C=O) groups is 4. The smallest absolute Gasteiger partial charge is 0.266 e. The Balaban J connectivity index is 1.38. The van der Waals surface area contributed by atoms with E-state index in [2.05, 4.69) is 0 Å². The third-order valence-electron chi connectivity index (χ3n) is 6.21. The summed E-state index contributed by atoms with van der Waals surface area (Å²) in [5.41, 5.74) is 3.97. The molecule has 0 spiro atoms. The molecule has 6 heteroatoms. The molecule has 0 unspecified atom stereocenters. The minimum absolute atomic E-state index is 0.353. The predicted molar refractivity (Wildman–Crippen MR) is 120 cm³/mol. The molecule has 2 aliphatic heterocycles. The standard InChI is InChI=1S/C27H16N2O4/c30-24-18-9-1-2-10-19(18)25(31)28(24)22-13-5-8-17-15-16(22)7-6-14-23(17)29-26(32)20-11-3-4-12-21(20)27(29)33/h1-14H,15H2. The summed E-state index contributed by atoms with van der Waals surface area (Å²) in [7, 11) is 0. The molecule has 4 aliphatic rings. The second-order valence-electron chi connectivity index (χ2n) is 8.03. The van der Waals surface area contributed by atoms with Gasteiger partial charge in [0.15, 0.2) is 0 Å². The summed E-state index contributed by atoms with van der Waals surface area (Å²) in [4.78, 5) is 54.5. The number of amides is 4. The minimum atomic E-state index is -0.364. The van der Waals surface area contributed by atoms with Crippen molar-refractivity contribution >= 4 is 23.6 Å². The molecule has 0 aromatic heterocycles. The molecule has 2 bridgehead atoms. The van der Waals surface area contributed by atoms with Crippen molar-refractivity contribution in [1.82, 2.24) is 9.80 Å². The second-order valence-corrected chi connectivity index (χ2v) is 8.03. The molecule has 2 aromatic carbocycles. The molecule has 0 atom stereocenters. The number of nitrogens with zero attached hydrogens (tertiary/aromatic N) is 2. The average Bonchev–Trinajstić information content (AvgIpc) is 3.06. The Bertz CT molecular complexity index is 1400. The molecule has 0 saturated carbocycles. The summed E-state index contributed by atoms with van der Waals surface area (Å²) in [6.45, 7) is 0. The molecule has 0 radical (unpaired) electrons. The molecule has 33 heavy (non-hydrogen) atoms. The summed E-state index contributed by atoms with van der Waals surface area (Å²) in [5, 5.41) is 0. The highest BCUT2D eigenvalue weighted by atomic mass is 16.2. The molecule has 2 aliphatic carbocycles. The van der Waals surface area contributed by atoms with Crippen molar-refractivity contribution in [2.45, 2.75) is 6.42 Å². The van der Waals surface area contributed by atoms with Crippen LogP contribution in [0.1, 0.15) is 47.9 Å². The Hall–Kier alpha value is -4.58. The highest BCUT2D eigenvalue weighted by Gasteiger charge is 2.40. The fourth-order valence-corrected chi connectivity index (χ4v) is 4.65. The Labute approximate surface area is 189 Å². The van der Waals surface area contributed by atoms with Gasteiger partial charge in [0, 0.05) is 6.42 Å². The summed E-state index contributed by atoms with van der Waals surface area (Å²) in [6.07, 6.45) is 10.9. The van der Waals surface area contributed by atoms with E-state index in [1.807, 2.05) is 12.2 Å². The Morgan fingerprint density at radius 1 is 0.576 bits per heavy atom. The first-order valence-electron chi connectivity index (χ1n) is 10.5. The molecule has 0 saturated heterocycles. The SMILES string of the molecule is O=C1c2ccccc2C(=O)N1C1=CC=CC2=C(N3C(=O)c4ccccc4C3=O)C=CC=C1C2. The Kier molecular flexibility index (Phi) is 4.04. The maximum absolute atomic E-state index is 13.0. The van der Waals surface area contributed by atoms with Gasteiger partial charge in [-0.2, -0.15) is 0 Å². The summed E-state index contributed by atoms with van der Waals surface area (Å²) in [6, 6.07) is 13.5. The van der Waals surface area contributed by atoms with E-state index in [0.29, 0.717) is 40.1 Å². The van der Waals surface area contributed by atoms with Crippen LogP contribution in [0.2, 0.25) is 0 Å². The van der Waals surface area contributed by atoms with Crippen molar-refractivity contribution < 1.29 is 19.2 Å². The third-order valence-corrected chi connectivity index (χ3v) is 6.21. The lowest BCUT2D eigenvalue weighted by Gasteiger charge is -2.21. The van der Waals surface area contributed by atoms with Crippen LogP contribution in [-0.2, 0) is 0 Å². The van der Waals surface area contributed by atoms with Crippen LogP contribution < -0.4 is 0 Å². The molecule has 6 nitrogen and oxygen atoms in total. The zero-order valence-corrected chi connectivity index (χ0v) is 17.3. The van der Waals surface area contributed by atoms with E-state index in [-0.39, 0.29) is 23.6 Å². The van der Waals surface area contributed by atoms with Crippen molar-refractivity contribution in [3.05, 3.63) is 130 Å². The molecule has 0 N–H and O–H groups in total. The lowest BCUT2D eigenvalue weighted by Crippen LogP contribution is -2.30. The number of carbonyl (C=O) groups excluding carboxylic acids is 4. The van der Waals surface area contributed by atoms with E-state index < -0.39 is 0 Å². The lowest BCUT2D eigenvalue weighted by molar-refractivity contribution is 0.0693. The van der Waals surface area contributed by atoms with Gasteiger partial charge in [-0.25, -0.2) is 9.80 Å². The highest BCUT2D eigenvalue weighted by molar-refractivity contribution is 6.23. The number of hydrogen-bond acceptors (Lipinski definition) is 4. The predicted octanol–water partition coefficient (Wildman–Crippen LogP) is 4.17. The fourth-order valence-electron chi connectivity index (χ4n) is 4.65. The van der Waals surface area contributed by atoms with Crippen molar-refractivity contribution in [2.75, 3.05) is 0 Å². The van der Waals surface area contributed by atoms with Crippen LogP contribution in [0, 0.1) is 0 Å². The van der Waals surface area contributed by atoms with Crippen LogP contribution in [0.25, 0.3) is 0 Å². The van der Waals surface area contributed by atoms with Crippen molar-refractivity contribution in [3.8, 4) is 0 Å². The third kappa shape index (κ3) is 2.67. The van der Waals surface area contributed by atoms with Crippen LogP contribution >= 0.6 is 0 Å². The van der Waals surface area contributed by atoms with E-state index in [1.165, 1.54) is 9.80 Å². The molecule has 158 valence electrons. The van der Waals surface area contributed by atoms with Crippen LogP contribution in [0.15, 0.2) is 108 Å². The van der Waals surface area contributed by atoms with E-state index in [1.54, 1.807) is 72.8 Å². The van der Waals surface area contributed by atoms with Gasteiger partial charge in [0.1, 0.15) is 0 Å². The van der Waals surface area contributed by atoms with Gasteiger partial charge in [-0.3, -0.25) is 19.2 Å². The second kappa shape index (κ2) is 6.97. The first-order valence-corrected chi connectivity index (χ1v) is 10.5. The van der Waals surface area contributed by atoms with Gasteiger partial charge < -0.3 is 0 Å². The van der Waals surface area contributed by atoms with Crippen LogP contribution in [-0.4, -0.2) is 33.4 Å². The topological polar surface area (TPSA) is 74.8 Å². The number of benzene rings is 2. The molecule has 0 fully saturated rings. The van der Waals surface area contributed by atoms with E-state index >= 15 is 0 Å². The lowest BCUT2D eigenvalue weighted by atomic mass is 10.0. The van der Waals surface area contributed by atoms with Gasteiger partial charge in [-0.15, -0.1) is 0 Å². The fraction of sp³-hybridized carbons (Fsp3) is 0.0370. The Morgan fingerprint density at radius 3 is 1.61 bits per heavy atom. The largest absolute Gasteiger partial charge is 0.268 e. The zero-order valence-electron chi connectivity index (χ0n) is 17.3. The minimum Gasteiger partial charge on any atom is -0.268 e. The van der Waals surface area contributed by atoms with Crippen molar-refractivity contribution in [2.24, 2.45) is 0 Å². The first-order chi connectivity index (χ1) is 16.1. The molecular formula is C27H16N2O4. The maximum atomic E-state index is 13.0. The molecule has 2 heterocycles. The van der Waals surface area contributed by atoms with E-state index in [0.717, 1.165) is 11.1 Å². The van der Waals surface area contributed by atoms with Gasteiger partial charge in [0.05, 0.1) is 33.6 Å². The normalized spacial score (nSPS) is 18.9. The summed E-state index contributed by atoms with van der Waals surface area (Å²) in [5.74, 6) is -1.45. The summed E-state index contributed by atoms with van der Waals surface area (Å²) < 4.78 is 0. The van der Waals surface area contributed by atoms with Crippen molar-refractivity contribution in [1.29, 1.82) is 0 Å².